The summed E-state index contributed by atoms with van der Waals surface area (Å²) in [5.41, 5.74) is 1.88. The van der Waals surface area contributed by atoms with Crippen molar-refractivity contribution in [3.05, 3.63) is 29.3 Å². The SMILES string of the molecule is Cc1ccc2c(c1)[C@H](O)CC1(CCCOCC1)O2. The van der Waals surface area contributed by atoms with Gasteiger partial charge in [-0.05, 0) is 31.9 Å². The smallest absolute Gasteiger partial charge is 0.125 e. The number of aliphatic hydroxyl groups excluding tert-OH is 1. The maximum Gasteiger partial charge on any atom is 0.125 e. The molecule has 0 radical (unpaired) electrons. The molecule has 1 saturated heterocycles. The second-order valence-corrected chi connectivity index (χ2v) is 5.51. The Bertz CT molecular complexity index is 433. The highest BCUT2D eigenvalue weighted by Gasteiger charge is 2.40. The minimum Gasteiger partial charge on any atom is -0.487 e. The van der Waals surface area contributed by atoms with Crippen LogP contribution in [0.2, 0.25) is 0 Å². The third-order valence-electron chi connectivity index (χ3n) is 4.04. The molecular weight excluding hydrogens is 228 g/mol. The number of fused-ring (bicyclic) bond motifs is 1. The number of hydrogen-bond donors (Lipinski definition) is 1. The molecule has 98 valence electrons. The summed E-state index contributed by atoms with van der Waals surface area (Å²) in [7, 11) is 0. The van der Waals surface area contributed by atoms with E-state index in [1.54, 1.807) is 0 Å². The van der Waals surface area contributed by atoms with Crippen molar-refractivity contribution < 1.29 is 14.6 Å². The Morgan fingerprint density at radius 3 is 3.06 bits per heavy atom. The van der Waals surface area contributed by atoms with Crippen molar-refractivity contribution in [3.63, 3.8) is 0 Å². The van der Waals surface area contributed by atoms with Crippen molar-refractivity contribution in [3.8, 4) is 5.75 Å². The van der Waals surface area contributed by atoms with Gasteiger partial charge in [0.15, 0.2) is 0 Å². The van der Waals surface area contributed by atoms with Crippen LogP contribution in [0.1, 0.15) is 42.9 Å². The molecule has 2 atom stereocenters. The van der Waals surface area contributed by atoms with E-state index in [1.165, 1.54) is 0 Å². The molecule has 0 aromatic heterocycles. The molecule has 2 aliphatic heterocycles. The zero-order valence-electron chi connectivity index (χ0n) is 10.8. The molecule has 3 rings (SSSR count). The third kappa shape index (κ3) is 2.13. The predicted molar refractivity (Wildman–Crippen MR) is 68.8 cm³/mol. The van der Waals surface area contributed by atoms with Crippen molar-refractivity contribution in [1.82, 2.24) is 0 Å². The molecule has 3 heteroatoms. The van der Waals surface area contributed by atoms with E-state index < -0.39 is 6.10 Å². The van der Waals surface area contributed by atoms with Crippen LogP contribution in [0, 0.1) is 6.92 Å². The highest BCUT2D eigenvalue weighted by Crippen LogP contribution is 2.44. The summed E-state index contributed by atoms with van der Waals surface area (Å²) in [4.78, 5) is 0. The van der Waals surface area contributed by atoms with Crippen LogP contribution in [0.4, 0.5) is 0 Å². The van der Waals surface area contributed by atoms with Crippen molar-refractivity contribution in [2.75, 3.05) is 13.2 Å². The van der Waals surface area contributed by atoms with E-state index in [1.807, 2.05) is 25.1 Å². The molecule has 1 unspecified atom stereocenters. The standard InChI is InChI=1S/C15H20O3/c1-11-3-4-14-12(9-11)13(16)10-15(18-14)5-2-7-17-8-6-15/h3-4,9,13,16H,2,5-8,10H2,1H3/t13-,15?/m1/s1. The molecule has 2 heterocycles. The van der Waals surface area contributed by atoms with E-state index in [-0.39, 0.29) is 5.60 Å². The first-order chi connectivity index (χ1) is 8.69. The van der Waals surface area contributed by atoms with Gasteiger partial charge in [0.05, 0.1) is 12.7 Å². The Balaban J connectivity index is 1.92. The van der Waals surface area contributed by atoms with Crippen LogP contribution < -0.4 is 4.74 Å². The lowest BCUT2D eigenvalue weighted by atomic mass is 9.83. The second kappa shape index (κ2) is 4.56. The molecule has 1 aromatic carbocycles. The number of aliphatic hydroxyl groups is 1. The van der Waals surface area contributed by atoms with Crippen molar-refractivity contribution in [2.24, 2.45) is 0 Å². The Morgan fingerprint density at radius 1 is 1.28 bits per heavy atom. The van der Waals surface area contributed by atoms with Crippen LogP contribution in [-0.2, 0) is 4.74 Å². The van der Waals surface area contributed by atoms with Crippen molar-refractivity contribution in [1.29, 1.82) is 0 Å². The van der Waals surface area contributed by atoms with Gasteiger partial charge in [-0.15, -0.1) is 0 Å². The summed E-state index contributed by atoms with van der Waals surface area (Å²) in [5.74, 6) is 0.848. The summed E-state index contributed by atoms with van der Waals surface area (Å²) in [6, 6.07) is 6.05. The lowest BCUT2D eigenvalue weighted by Crippen LogP contribution is -2.41. The van der Waals surface area contributed by atoms with Gasteiger partial charge >= 0.3 is 0 Å². The minimum absolute atomic E-state index is 0.224. The molecule has 0 bridgehead atoms. The van der Waals surface area contributed by atoms with Gasteiger partial charge in [0.2, 0.25) is 0 Å². The van der Waals surface area contributed by atoms with Gasteiger partial charge in [-0.1, -0.05) is 11.6 Å². The zero-order valence-corrected chi connectivity index (χ0v) is 10.8. The molecular formula is C15H20O3. The fourth-order valence-corrected chi connectivity index (χ4v) is 3.05. The molecule has 0 aliphatic carbocycles. The van der Waals surface area contributed by atoms with Crippen LogP contribution in [-0.4, -0.2) is 23.9 Å². The quantitative estimate of drug-likeness (QED) is 0.767. The number of hydrogen-bond acceptors (Lipinski definition) is 3. The Hall–Kier alpha value is -1.06. The molecule has 1 spiro atoms. The maximum absolute atomic E-state index is 10.4. The second-order valence-electron chi connectivity index (χ2n) is 5.51. The van der Waals surface area contributed by atoms with E-state index in [4.69, 9.17) is 9.47 Å². The molecule has 0 amide bonds. The molecule has 18 heavy (non-hydrogen) atoms. The predicted octanol–water partition coefficient (Wildman–Crippen LogP) is 2.75. The Morgan fingerprint density at radius 2 is 2.17 bits per heavy atom. The third-order valence-corrected chi connectivity index (χ3v) is 4.04. The average Bonchev–Trinajstić information content (AvgIpc) is 2.56. The van der Waals surface area contributed by atoms with Crippen LogP contribution in [0.3, 0.4) is 0 Å². The first-order valence-corrected chi connectivity index (χ1v) is 6.74. The molecule has 1 N–H and O–H groups in total. The molecule has 1 aromatic rings. The zero-order chi connectivity index (χ0) is 12.6. The van der Waals surface area contributed by atoms with Gasteiger partial charge in [-0.3, -0.25) is 0 Å². The van der Waals surface area contributed by atoms with E-state index in [0.29, 0.717) is 6.42 Å². The molecule has 0 saturated carbocycles. The van der Waals surface area contributed by atoms with Gasteiger partial charge in [-0.25, -0.2) is 0 Å². The Kier molecular flexibility index (Phi) is 3.04. The first-order valence-electron chi connectivity index (χ1n) is 6.74. The van der Waals surface area contributed by atoms with Gasteiger partial charge < -0.3 is 14.6 Å². The lowest BCUT2D eigenvalue weighted by molar-refractivity contribution is -0.0272. The van der Waals surface area contributed by atoms with Gasteiger partial charge in [0, 0.05) is 25.0 Å². The fourth-order valence-electron chi connectivity index (χ4n) is 3.05. The number of aryl methyl sites for hydroxylation is 1. The molecule has 3 nitrogen and oxygen atoms in total. The number of rotatable bonds is 0. The van der Waals surface area contributed by atoms with Crippen molar-refractivity contribution >= 4 is 0 Å². The van der Waals surface area contributed by atoms with Crippen LogP contribution in [0.25, 0.3) is 0 Å². The average molecular weight is 248 g/mol. The molecule has 1 fully saturated rings. The van der Waals surface area contributed by atoms with Crippen LogP contribution in [0.15, 0.2) is 18.2 Å². The summed E-state index contributed by atoms with van der Waals surface area (Å²) in [6.07, 6.45) is 3.13. The number of benzene rings is 1. The minimum atomic E-state index is -0.410. The maximum atomic E-state index is 10.4. The number of ether oxygens (including phenoxy) is 2. The Labute approximate surface area is 108 Å². The summed E-state index contributed by atoms with van der Waals surface area (Å²) >= 11 is 0. The monoisotopic (exact) mass is 248 g/mol. The van der Waals surface area contributed by atoms with Crippen LogP contribution >= 0.6 is 0 Å². The van der Waals surface area contributed by atoms with E-state index >= 15 is 0 Å². The van der Waals surface area contributed by atoms with Gasteiger partial charge in [-0.2, -0.15) is 0 Å². The van der Waals surface area contributed by atoms with E-state index in [2.05, 4.69) is 0 Å². The normalized spacial score (nSPS) is 31.6. The molecule has 2 aliphatic rings. The fraction of sp³-hybridized carbons (Fsp3) is 0.600. The van der Waals surface area contributed by atoms with Crippen molar-refractivity contribution in [2.45, 2.75) is 44.3 Å². The van der Waals surface area contributed by atoms with Gasteiger partial charge in [0.25, 0.3) is 0 Å². The summed E-state index contributed by atoms with van der Waals surface area (Å²) < 4.78 is 11.7. The summed E-state index contributed by atoms with van der Waals surface area (Å²) in [5, 5.41) is 10.4. The van der Waals surface area contributed by atoms with E-state index in [9.17, 15) is 5.11 Å². The topological polar surface area (TPSA) is 38.7 Å². The first kappa shape index (κ1) is 12.0. The highest BCUT2D eigenvalue weighted by atomic mass is 16.5. The largest absolute Gasteiger partial charge is 0.487 e. The summed E-state index contributed by atoms with van der Waals surface area (Å²) in [6.45, 7) is 3.58. The van der Waals surface area contributed by atoms with E-state index in [0.717, 1.165) is 49.4 Å². The van der Waals surface area contributed by atoms with Crippen LogP contribution in [0.5, 0.6) is 5.75 Å². The lowest BCUT2D eigenvalue weighted by Gasteiger charge is -2.40. The highest BCUT2D eigenvalue weighted by molar-refractivity contribution is 5.40. The van der Waals surface area contributed by atoms with Gasteiger partial charge in [0.1, 0.15) is 11.4 Å².